The molecule has 0 saturated carbocycles. The molecule has 0 bridgehead atoms. The van der Waals surface area contributed by atoms with Crippen molar-refractivity contribution in [3.63, 3.8) is 0 Å². The highest BCUT2D eigenvalue weighted by Gasteiger charge is 2.20. The van der Waals surface area contributed by atoms with Crippen molar-refractivity contribution in [3.05, 3.63) is 40.4 Å². The number of benzene rings is 1. The van der Waals surface area contributed by atoms with Crippen molar-refractivity contribution in [1.82, 2.24) is 0 Å². The summed E-state index contributed by atoms with van der Waals surface area (Å²) in [7, 11) is 0. The van der Waals surface area contributed by atoms with E-state index < -0.39 is 5.97 Å². The standard InChI is InChI=1S/C13H12BrNO3/c14-10-7-9(13(17)18)5-6-11(10)15-12(16)8-3-1-2-4-8/h1-2,5-8H,3-4H2,(H,15,16)(H,17,18). The summed E-state index contributed by atoms with van der Waals surface area (Å²) >= 11 is 3.26. The third-order valence-electron chi connectivity index (χ3n) is 2.85. The number of carbonyl (C=O) groups excluding carboxylic acids is 1. The first-order chi connectivity index (χ1) is 8.58. The minimum atomic E-state index is -0.992. The van der Waals surface area contributed by atoms with Crippen LogP contribution in [0.2, 0.25) is 0 Å². The van der Waals surface area contributed by atoms with Gasteiger partial charge in [0.25, 0.3) is 0 Å². The lowest BCUT2D eigenvalue weighted by Gasteiger charge is -2.12. The third-order valence-corrected chi connectivity index (χ3v) is 3.51. The van der Waals surface area contributed by atoms with E-state index in [0.717, 1.165) is 12.8 Å². The second-order valence-electron chi connectivity index (χ2n) is 4.13. The molecule has 94 valence electrons. The molecule has 0 fully saturated rings. The molecule has 0 atom stereocenters. The maximum Gasteiger partial charge on any atom is 0.335 e. The molecule has 1 aliphatic rings. The van der Waals surface area contributed by atoms with E-state index in [-0.39, 0.29) is 17.4 Å². The van der Waals surface area contributed by atoms with Gasteiger partial charge in [-0.05, 0) is 47.0 Å². The van der Waals surface area contributed by atoms with Crippen molar-refractivity contribution < 1.29 is 14.7 Å². The SMILES string of the molecule is O=C(O)c1ccc(NC(=O)C2CC=CC2)c(Br)c1. The Morgan fingerprint density at radius 2 is 1.94 bits per heavy atom. The van der Waals surface area contributed by atoms with Crippen molar-refractivity contribution >= 4 is 33.5 Å². The average Bonchev–Trinajstić information content (AvgIpc) is 2.85. The van der Waals surface area contributed by atoms with Crippen molar-refractivity contribution in [2.24, 2.45) is 5.92 Å². The Bertz CT molecular complexity index is 517. The lowest BCUT2D eigenvalue weighted by Crippen LogP contribution is -2.20. The Hall–Kier alpha value is -1.62. The van der Waals surface area contributed by atoms with Crippen LogP contribution in [0.25, 0.3) is 0 Å². The summed E-state index contributed by atoms with van der Waals surface area (Å²) < 4.78 is 0.571. The largest absolute Gasteiger partial charge is 0.478 e. The summed E-state index contributed by atoms with van der Waals surface area (Å²) in [6, 6.07) is 4.54. The van der Waals surface area contributed by atoms with Crippen LogP contribution >= 0.6 is 15.9 Å². The minimum Gasteiger partial charge on any atom is -0.478 e. The number of anilines is 1. The van der Waals surface area contributed by atoms with Crippen LogP contribution in [0.15, 0.2) is 34.8 Å². The number of aromatic carboxylic acids is 1. The summed E-state index contributed by atoms with van der Waals surface area (Å²) in [5.74, 6) is -1.05. The van der Waals surface area contributed by atoms with Crippen LogP contribution in [0, 0.1) is 5.92 Å². The lowest BCUT2D eigenvalue weighted by atomic mass is 10.1. The predicted octanol–water partition coefficient (Wildman–Crippen LogP) is 3.05. The lowest BCUT2D eigenvalue weighted by molar-refractivity contribution is -0.119. The number of amides is 1. The summed E-state index contributed by atoms with van der Waals surface area (Å²) in [6.07, 6.45) is 5.51. The van der Waals surface area contributed by atoms with Crippen LogP contribution in [0.5, 0.6) is 0 Å². The predicted molar refractivity (Wildman–Crippen MR) is 71.6 cm³/mol. The molecule has 18 heavy (non-hydrogen) atoms. The van der Waals surface area contributed by atoms with E-state index in [1.54, 1.807) is 6.07 Å². The monoisotopic (exact) mass is 309 g/mol. The highest BCUT2D eigenvalue weighted by molar-refractivity contribution is 9.10. The number of carboxylic acid groups (broad SMARTS) is 1. The van der Waals surface area contributed by atoms with E-state index in [1.807, 2.05) is 12.2 Å². The van der Waals surface area contributed by atoms with Gasteiger partial charge in [0.1, 0.15) is 0 Å². The molecule has 2 rings (SSSR count). The van der Waals surface area contributed by atoms with Crippen LogP contribution in [0.1, 0.15) is 23.2 Å². The molecule has 1 aliphatic carbocycles. The van der Waals surface area contributed by atoms with Crippen molar-refractivity contribution in [2.45, 2.75) is 12.8 Å². The second-order valence-corrected chi connectivity index (χ2v) is 4.98. The molecule has 0 heterocycles. The Kier molecular flexibility index (Phi) is 3.81. The highest BCUT2D eigenvalue weighted by atomic mass is 79.9. The molecule has 5 heteroatoms. The van der Waals surface area contributed by atoms with Gasteiger partial charge in [0.2, 0.25) is 5.91 Å². The smallest absolute Gasteiger partial charge is 0.335 e. The Labute approximate surface area is 113 Å². The minimum absolute atomic E-state index is 0.0175. The first kappa shape index (κ1) is 12.8. The zero-order chi connectivity index (χ0) is 13.1. The van der Waals surface area contributed by atoms with Gasteiger partial charge in [-0.2, -0.15) is 0 Å². The molecule has 0 aliphatic heterocycles. The number of carboxylic acids is 1. The Balaban J connectivity index is 2.09. The van der Waals surface area contributed by atoms with E-state index in [9.17, 15) is 9.59 Å². The summed E-state index contributed by atoms with van der Waals surface area (Å²) in [5.41, 5.74) is 0.777. The second kappa shape index (κ2) is 5.35. The van der Waals surface area contributed by atoms with Crippen LogP contribution in [0.4, 0.5) is 5.69 Å². The molecule has 1 amide bonds. The van der Waals surface area contributed by atoms with Gasteiger partial charge in [0.15, 0.2) is 0 Å². The Morgan fingerprint density at radius 1 is 1.28 bits per heavy atom. The molecule has 2 N–H and O–H groups in total. The number of nitrogens with one attached hydrogen (secondary N) is 1. The van der Waals surface area contributed by atoms with Gasteiger partial charge in [-0.3, -0.25) is 4.79 Å². The fraction of sp³-hybridized carbons (Fsp3) is 0.231. The average molecular weight is 310 g/mol. The van der Waals surface area contributed by atoms with Gasteiger partial charge < -0.3 is 10.4 Å². The van der Waals surface area contributed by atoms with E-state index >= 15 is 0 Å². The fourth-order valence-corrected chi connectivity index (χ4v) is 2.29. The molecule has 0 unspecified atom stereocenters. The van der Waals surface area contributed by atoms with Gasteiger partial charge in [-0.15, -0.1) is 0 Å². The van der Waals surface area contributed by atoms with Crippen LogP contribution < -0.4 is 5.32 Å². The molecular formula is C13H12BrNO3. The quantitative estimate of drug-likeness (QED) is 0.843. The van der Waals surface area contributed by atoms with E-state index in [4.69, 9.17) is 5.11 Å². The number of allylic oxidation sites excluding steroid dienone is 2. The fourth-order valence-electron chi connectivity index (χ4n) is 1.82. The molecular weight excluding hydrogens is 298 g/mol. The van der Waals surface area contributed by atoms with Crippen LogP contribution in [-0.2, 0) is 4.79 Å². The third kappa shape index (κ3) is 2.79. The molecule has 0 radical (unpaired) electrons. The molecule has 1 aromatic rings. The number of halogens is 1. The molecule has 4 nitrogen and oxygen atoms in total. The van der Waals surface area contributed by atoms with Gasteiger partial charge in [-0.25, -0.2) is 4.79 Å². The maximum atomic E-state index is 11.9. The van der Waals surface area contributed by atoms with Gasteiger partial charge >= 0.3 is 5.97 Å². The first-order valence-corrected chi connectivity index (χ1v) is 6.36. The van der Waals surface area contributed by atoms with E-state index in [2.05, 4.69) is 21.2 Å². The molecule has 0 spiro atoms. The maximum absolute atomic E-state index is 11.9. The van der Waals surface area contributed by atoms with Crippen molar-refractivity contribution in [3.8, 4) is 0 Å². The van der Waals surface area contributed by atoms with Crippen molar-refractivity contribution in [1.29, 1.82) is 0 Å². The number of hydrogen-bond donors (Lipinski definition) is 2. The first-order valence-electron chi connectivity index (χ1n) is 5.56. The van der Waals surface area contributed by atoms with Gasteiger partial charge in [0, 0.05) is 10.4 Å². The molecule has 0 aromatic heterocycles. The normalized spacial score (nSPS) is 14.7. The Morgan fingerprint density at radius 3 is 2.50 bits per heavy atom. The summed E-state index contributed by atoms with van der Waals surface area (Å²) in [5, 5.41) is 11.6. The molecule has 1 aromatic carbocycles. The highest BCUT2D eigenvalue weighted by Crippen LogP contribution is 2.26. The van der Waals surface area contributed by atoms with E-state index in [1.165, 1.54) is 12.1 Å². The summed E-state index contributed by atoms with van der Waals surface area (Å²) in [6.45, 7) is 0. The number of rotatable bonds is 3. The zero-order valence-electron chi connectivity index (χ0n) is 9.52. The number of carbonyl (C=O) groups is 2. The van der Waals surface area contributed by atoms with Gasteiger partial charge in [-0.1, -0.05) is 12.2 Å². The zero-order valence-corrected chi connectivity index (χ0v) is 11.1. The van der Waals surface area contributed by atoms with Crippen LogP contribution in [0.3, 0.4) is 0 Å². The summed E-state index contributed by atoms with van der Waals surface area (Å²) in [4.78, 5) is 22.7. The van der Waals surface area contributed by atoms with Gasteiger partial charge in [0.05, 0.1) is 11.3 Å². The van der Waals surface area contributed by atoms with Crippen LogP contribution in [-0.4, -0.2) is 17.0 Å². The topological polar surface area (TPSA) is 66.4 Å². The van der Waals surface area contributed by atoms with E-state index in [0.29, 0.717) is 10.2 Å². The number of hydrogen-bond acceptors (Lipinski definition) is 2. The van der Waals surface area contributed by atoms with Crippen molar-refractivity contribution in [2.75, 3.05) is 5.32 Å². The molecule has 0 saturated heterocycles.